The van der Waals surface area contributed by atoms with Crippen LogP contribution in [0.1, 0.15) is 30.5 Å². The van der Waals surface area contributed by atoms with E-state index in [1.165, 1.54) is 0 Å². The van der Waals surface area contributed by atoms with Crippen LogP contribution in [0.2, 0.25) is 0 Å². The number of carboxylic acid groups (broad SMARTS) is 1. The predicted molar refractivity (Wildman–Crippen MR) is 146 cm³/mol. The number of nitrogens with zero attached hydrogens (tertiary/aromatic N) is 1. The number of carbonyl (C=O) groups is 2. The normalized spacial score (nSPS) is 14.1. The maximum atomic E-state index is 13.8. The first-order valence-electron chi connectivity index (χ1n) is 12.5. The summed E-state index contributed by atoms with van der Waals surface area (Å²) in [5.41, 5.74) is 2.50. The molecule has 1 heterocycles. The van der Waals surface area contributed by atoms with Crippen molar-refractivity contribution in [1.82, 2.24) is 10.2 Å². The molecule has 0 bridgehead atoms. The second kappa shape index (κ2) is 11.6. The molecule has 37 heavy (non-hydrogen) atoms. The lowest BCUT2D eigenvalue weighted by molar-refractivity contribution is -0.143. The van der Waals surface area contributed by atoms with Gasteiger partial charge in [0.05, 0.1) is 5.92 Å². The quantitative estimate of drug-likeness (QED) is 0.375. The number of amides is 1. The van der Waals surface area contributed by atoms with E-state index in [0.29, 0.717) is 5.70 Å². The summed E-state index contributed by atoms with van der Waals surface area (Å²) in [4.78, 5) is 27.5. The molecular formula is C32H32N2O3. The lowest BCUT2D eigenvalue weighted by Gasteiger charge is -2.45. The summed E-state index contributed by atoms with van der Waals surface area (Å²) >= 11 is 0. The number of aliphatic carboxylic acids is 1. The van der Waals surface area contributed by atoms with E-state index in [4.69, 9.17) is 0 Å². The number of allylic oxidation sites excluding steroid dienone is 4. The number of hydrogen-bond acceptors (Lipinski definition) is 3. The van der Waals surface area contributed by atoms with Crippen molar-refractivity contribution in [3.05, 3.63) is 144 Å². The smallest absolute Gasteiger partial charge is 0.308 e. The molecule has 2 N–H and O–H groups in total. The maximum Gasteiger partial charge on any atom is 0.308 e. The Bertz CT molecular complexity index is 1200. The van der Waals surface area contributed by atoms with Crippen LogP contribution in [-0.2, 0) is 15.1 Å². The van der Waals surface area contributed by atoms with Crippen LogP contribution in [0.3, 0.4) is 0 Å². The van der Waals surface area contributed by atoms with Gasteiger partial charge in [-0.25, -0.2) is 0 Å². The summed E-state index contributed by atoms with van der Waals surface area (Å²) in [7, 11) is 0. The van der Waals surface area contributed by atoms with Crippen molar-refractivity contribution >= 4 is 11.9 Å². The third-order valence-electron chi connectivity index (χ3n) is 6.74. The zero-order valence-corrected chi connectivity index (χ0v) is 21.1. The van der Waals surface area contributed by atoms with Crippen LogP contribution in [0.15, 0.2) is 127 Å². The van der Waals surface area contributed by atoms with Crippen LogP contribution in [0.5, 0.6) is 0 Å². The predicted octanol–water partition coefficient (Wildman–Crippen LogP) is 5.72. The molecule has 1 aliphatic heterocycles. The molecule has 5 heteroatoms. The van der Waals surface area contributed by atoms with Gasteiger partial charge in [0.15, 0.2) is 0 Å². The first-order chi connectivity index (χ1) is 18.0. The third-order valence-corrected chi connectivity index (χ3v) is 6.74. The highest BCUT2D eigenvalue weighted by molar-refractivity contribution is 5.94. The van der Waals surface area contributed by atoms with E-state index in [0.717, 1.165) is 16.7 Å². The van der Waals surface area contributed by atoms with Crippen LogP contribution in [0.25, 0.3) is 0 Å². The second-order valence-electron chi connectivity index (χ2n) is 9.36. The zero-order valence-electron chi connectivity index (χ0n) is 21.1. The Kier molecular flexibility index (Phi) is 8.04. The molecule has 0 radical (unpaired) electrons. The molecule has 0 saturated carbocycles. The molecule has 0 aliphatic carbocycles. The first kappa shape index (κ1) is 25.7. The van der Waals surface area contributed by atoms with Crippen molar-refractivity contribution in [1.29, 1.82) is 0 Å². The standard InChI is InChI=1S/C32H32N2O3/c1-24(2)28(31(36)37)23-33-30(35)29-21-13-6-14-22-34(29)32(25-15-7-3-8-16-25,26-17-9-4-10-18-26)27-19-11-5-12-20-27/h3-22,24,28H,23H2,1-2H3,(H,33,35)(H,36,37). The first-order valence-corrected chi connectivity index (χ1v) is 12.5. The van der Waals surface area contributed by atoms with Gasteiger partial charge >= 0.3 is 5.97 Å². The summed E-state index contributed by atoms with van der Waals surface area (Å²) in [5, 5.41) is 12.5. The van der Waals surface area contributed by atoms with Gasteiger partial charge in [0.2, 0.25) is 0 Å². The van der Waals surface area contributed by atoms with Gasteiger partial charge in [0, 0.05) is 12.7 Å². The number of carboxylic acids is 1. The Morgan fingerprint density at radius 1 is 0.784 bits per heavy atom. The van der Waals surface area contributed by atoms with Gasteiger partial charge in [0.1, 0.15) is 11.2 Å². The molecule has 188 valence electrons. The molecule has 0 aromatic heterocycles. The SMILES string of the molecule is CC(C)C(CNC(=O)C1=CC=CC=CN1C(c1ccccc1)(c1ccccc1)c1ccccc1)C(=O)O. The van der Waals surface area contributed by atoms with E-state index in [2.05, 4.69) is 41.7 Å². The van der Waals surface area contributed by atoms with Gasteiger partial charge in [-0.2, -0.15) is 0 Å². The highest BCUT2D eigenvalue weighted by atomic mass is 16.4. The van der Waals surface area contributed by atoms with Crippen LogP contribution < -0.4 is 5.32 Å². The molecule has 0 spiro atoms. The topological polar surface area (TPSA) is 69.6 Å². The minimum absolute atomic E-state index is 0.0411. The van der Waals surface area contributed by atoms with Gasteiger partial charge in [-0.1, -0.05) is 117 Å². The van der Waals surface area contributed by atoms with E-state index < -0.39 is 17.4 Å². The zero-order chi connectivity index (χ0) is 26.3. The molecule has 0 saturated heterocycles. The van der Waals surface area contributed by atoms with Gasteiger partial charge in [0.25, 0.3) is 5.91 Å². The second-order valence-corrected chi connectivity index (χ2v) is 9.36. The average molecular weight is 493 g/mol. The third kappa shape index (κ3) is 5.26. The number of benzene rings is 3. The number of hydrogen-bond donors (Lipinski definition) is 2. The van der Waals surface area contributed by atoms with Crippen molar-refractivity contribution in [3.63, 3.8) is 0 Å². The van der Waals surface area contributed by atoms with Crippen molar-refractivity contribution in [2.45, 2.75) is 19.4 Å². The highest BCUT2D eigenvalue weighted by Gasteiger charge is 2.44. The Hall–Kier alpha value is -4.38. The van der Waals surface area contributed by atoms with E-state index in [-0.39, 0.29) is 18.4 Å². The fourth-order valence-electron chi connectivity index (χ4n) is 4.84. The molecule has 0 fully saturated rings. The van der Waals surface area contributed by atoms with Crippen molar-refractivity contribution < 1.29 is 14.7 Å². The fourth-order valence-corrected chi connectivity index (χ4v) is 4.84. The lowest BCUT2D eigenvalue weighted by atomic mass is 9.75. The van der Waals surface area contributed by atoms with E-state index in [1.54, 1.807) is 6.08 Å². The minimum atomic E-state index is -0.922. The molecule has 1 amide bonds. The highest BCUT2D eigenvalue weighted by Crippen LogP contribution is 2.45. The van der Waals surface area contributed by atoms with Gasteiger partial charge in [-0.3, -0.25) is 9.59 Å². The van der Waals surface area contributed by atoms with Crippen molar-refractivity contribution in [2.75, 3.05) is 6.54 Å². The monoisotopic (exact) mass is 492 g/mol. The summed E-state index contributed by atoms with van der Waals surface area (Å²) in [6.07, 6.45) is 9.32. The Morgan fingerprint density at radius 2 is 1.27 bits per heavy atom. The van der Waals surface area contributed by atoms with Crippen LogP contribution >= 0.6 is 0 Å². The van der Waals surface area contributed by atoms with E-state index in [9.17, 15) is 14.7 Å². The van der Waals surface area contributed by atoms with Crippen LogP contribution in [0.4, 0.5) is 0 Å². The number of rotatable bonds is 9. The Morgan fingerprint density at radius 3 is 1.70 bits per heavy atom. The number of carbonyl (C=O) groups excluding carboxylic acids is 1. The van der Waals surface area contributed by atoms with Crippen LogP contribution in [-0.4, -0.2) is 28.4 Å². The summed E-state index contributed by atoms with van der Waals surface area (Å²) in [6.45, 7) is 3.73. The van der Waals surface area contributed by atoms with E-state index in [1.807, 2.05) is 97.8 Å². The molecule has 4 rings (SSSR count). The molecular weight excluding hydrogens is 460 g/mol. The van der Waals surface area contributed by atoms with Crippen LogP contribution in [0, 0.1) is 11.8 Å². The van der Waals surface area contributed by atoms with E-state index >= 15 is 0 Å². The van der Waals surface area contributed by atoms with Crippen molar-refractivity contribution in [3.8, 4) is 0 Å². The molecule has 1 unspecified atom stereocenters. The Labute approximate surface area is 218 Å². The maximum absolute atomic E-state index is 13.8. The van der Waals surface area contributed by atoms with Crippen molar-refractivity contribution in [2.24, 2.45) is 11.8 Å². The average Bonchev–Trinajstić information content (AvgIpc) is 3.17. The molecule has 3 aromatic rings. The largest absolute Gasteiger partial charge is 0.481 e. The fraction of sp³-hybridized carbons (Fsp3) is 0.188. The minimum Gasteiger partial charge on any atom is -0.481 e. The summed E-state index contributed by atoms with van der Waals surface area (Å²) in [6, 6.07) is 30.4. The van der Waals surface area contributed by atoms with Gasteiger partial charge in [-0.15, -0.1) is 0 Å². The lowest BCUT2D eigenvalue weighted by Crippen LogP contribution is -2.48. The summed E-state index contributed by atoms with van der Waals surface area (Å²) in [5.74, 6) is -2.06. The van der Waals surface area contributed by atoms with Gasteiger partial charge in [-0.05, 0) is 34.8 Å². The number of nitrogens with one attached hydrogen (secondary N) is 1. The molecule has 5 nitrogen and oxygen atoms in total. The van der Waals surface area contributed by atoms with Gasteiger partial charge < -0.3 is 15.3 Å². The summed E-state index contributed by atoms with van der Waals surface area (Å²) < 4.78 is 0. The molecule has 3 aromatic carbocycles. The molecule has 1 atom stereocenters. The Balaban J connectivity index is 1.90. The molecule has 1 aliphatic rings.